The fourth-order valence-corrected chi connectivity index (χ4v) is 3.14. The number of aryl methyl sites for hydroxylation is 1. The molecule has 2 heterocycles. The molecule has 1 unspecified atom stereocenters. The number of piperidine rings is 1. The molecule has 0 spiro atoms. The van der Waals surface area contributed by atoms with E-state index in [1.807, 2.05) is 18.2 Å². The highest BCUT2D eigenvalue weighted by Crippen LogP contribution is 2.24. The van der Waals surface area contributed by atoms with Gasteiger partial charge in [0.1, 0.15) is 0 Å². The molecule has 0 aliphatic carbocycles. The normalized spacial score (nSPS) is 19.8. The van der Waals surface area contributed by atoms with Crippen LogP contribution in [-0.4, -0.2) is 27.7 Å². The summed E-state index contributed by atoms with van der Waals surface area (Å²) in [6.45, 7) is 6.24. The van der Waals surface area contributed by atoms with Crippen LogP contribution in [0.2, 0.25) is 0 Å². The summed E-state index contributed by atoms with van der Waals surface area (Å²) in [7, 11) is 0. The Morgan fingerprint density at radius 2 is 2.10 bits per heavy atom. The van der Waals surface area contributed by atoms with Crippen molar-refractivity contribution in [2.45, 2.75) is 52.1 Å². The first kappa shape index (κ1) is 14.3. The summed E-state index contributed by atoms with van der Waals surface area (Å²) >= 11 is 0. The summed E-state index contributed by atoms with van der Waals surface area (Å²) in [6, 6.07) is 8.78. The van der Waals surface area contributed by atoms with Crippen molar-refractivity contribution in [2.24, 2.45) is 0 Å². The molecule has 1 aliphatic rings. The van der Waals surface area contributed by atoms with Crippen molar-refractivity contribution >= 4 is 0 Å². The summed E-state index contributed by atoms with van der Waals surface area (Å²) in [6.07, 6.45) is 5.09. The minimum atomic E-state index is 0.633. The van der Waals surface area contributed by atoms with Crippen LogP contribution in [0, 0.1) is 6.92 Å². The Balaban J connectivity index is 1.75. The number of benzene rings is 1. The van der Waals surface area contributed by atoms with Gasteiger partial charge in [-0.25, -0.2) is 0 Å². The number of aromatic nitrogens is 2. The molecule has 0 saturated carbocycles. The largest absolute Gasteiger partial charge is 0.419 e. The smallest absolute Gasteiger partial charge is 0.248 e. The average Bonchev–Trinajstić information content (AvgIpc) is 2.96. The molecule has 4 nitrogen and oxygen atoms in total. The second-order valence-electron chi connectivity index (χ2n) is 5.84. The van der Waals surface area contributed by atoms with Crippen molar-refractivity contribution in [3.05, 3.63) is 35.7 Å². The zero-order valence-corrected chi connectivity index (χ0v) is 12.9. The Morgan fingerprint density at radius 3 is 2.90 bits per heavy atom. The van der Waals surface area contributed by atoms with E-state index in [4.69, 9.17) is 4.42 Å². The third-order valence-corrected chi connectivity index (χ3v) is 4.40. The van der Waals surface area contributed by atoms with Crippen LogP contribution in [0.3, 0.4) is 0 Å². The first-order valence-corrected chi connectivity index (χ1v) is 7.90. The summed E-state index contributed by atoms with van der Waals surface area (Å²) in [5.41, 5.74) is 2.19. The summed E-state index contributed by atoms with van der Waals surface area (Å²) in [5, 5.41) is 8.46. The van der Waals surface area contributed by atoms with Crippen LogP contribution in [0.25, 0.3) is 11.5 Å². The van der Waals surface area contributed by atoms with Crippen LogP contribution < -0.4 is 0 Å². The number of nitrogens with zero attached hydrogens (tertiary/aromatic N) is 3. The molecule has 3 rings (SSSR count). The molecule has 1 atom stereocenters. The van der Waals surface area contributed by atoms with E-state index in [0.29, 0.717) is 11.9 Å². The highest BCUT2D eigenvalue weighted by atomic mass is 16.4. The average molecular weight is 285 g/mol. The molecule has 0 N–H and O–H groups in total. The fourth-order valence-electron chi connectivity index (χ4n) is 3.14. The van der Waals surface area contributed by atoms with Crippen molar-refractivity contribution in [3.63, 3.8) is 0 Å². The van der Waals surface area contributed by atoms with E-state index in [2.05, 4.69) is 35.0 Å². The predicted molar refractivity (Wildman–Crippen MR) is 82.8 cm³/mol. The van der Waals surface area contributed by atoms with Crippen LogP contribution in [-0.2, 0) is 6.54 Å². The van der Waals surface area contributed by atoms with Gasteiger partial charge in [-0.05, 0) is 44.4 Å². The van der Waals surface area contributed by atoms with Gasteiger partial charge >= 0.3 is 0 Å². The first-order chi connectivity index (χ1) is 10.3. The van der Waals surface area contributed by atoms with Gasteiger partial charge in [0.2, 0.25) is 11.8 Å². The van der Waals surface area contributed by atoms with Gasteiger partial charge in [0.25, 0.3) is 0 Å². The van der Waals surface area contributed by atoms with Crippen molar-refractivity contribution in [2.75, 3.05) is 6.54 Å². The van der Waals surface area contributed by atoms with Crippen LogP contribution in [0.4, 0.5) is 0 Å². The monoisotopic (exact) mass is 285 g/mol. The Hall–Kier alpha value is -1.68. The minimum absolute atomic E-state index is 0.633. The first-order valence-electron chi connectivity index (χ1n) is 7.90. The zero-order chi connectivity index (χ0) is 14.7. The molecule has 112 valence electrons. The summed E-state index contributed by atoms with van der Waals surface area (Å²) in [4.78, 5) is 2.48. The van der Waals surface area contributed by atoms with Gasteiger partial charge in [-0.15, -0.1) is 10.2 Å². The molecule has 0 amide bonds. The SMILES string of the molecule is CCC1CCCCN1Cc1nnc(-c2ccccc2C)o1. The van der Waals surface area contributed by atoms with Gasteiger partial charge in [0.15, 0.2) is 0 Å². The topological polar surface area (TPSA) is 42.2 Å². The Bertz CT molecular complexity index is 593. The summed E-state index contributed by atoms with van der Waals surface area (Å²) < 4.78 is 5.88. The minimum Gasteiger partial charge on any atom is -0.419 e. The maximum absolute atomic E-state index is 5.88. The second kappa shape index (κ2) is 6.39. The lowest BCUT2D eigenvalue weighted by molar-refractivity contribution is 0.124. The maximum atomic E-state index is 5.88. The third-order valence-electron chi connectivity index (χ3n) is 4.40. The molecule has 1 aromatic carbocycles. The van der Waals surface area contributed by atoms with Gasteiger partial charge < -0.3 is 4.42 Å². The molecule has 1 fully saturated rings. The van der Waals surface area contributed by atoms with E-state index < -0.39 is 0 Å². The molecule has 1 aliphatic heterocycles. The Kier molecular flexibility index (Phi) is 4.34. The fraction of sp³-hybridized carbons (Fsp3) is 0.529. The van der Waals surface area contributed by atoms with E-state index in [1.54, 1.807) is 0 Å². The van der Waals surface area contributed by atoms with Crippen molar-refractivity contribution in [1.82, 2.24) is 15.1 Å². The Labute approximate surface area is 126 Å². The lowest BCUT2D eigenvalue weighted by atomic mass is 10.0. The molecule has 2 aromatic rings. The van der Waals surface area contributed by atoms with Crippen molar-refractivity contribution in [3.8, 4) is 11.5 Å². The molecule has 4 heteroatoms. The molecule has 0 radical (unpaired) electrons. The zero-order valence-electron chi connectivity index (χ0n) is 12.9. The van der Waals surface area contributed by atoms with Gasteiger partial charge in [-0.2, -0.15) is 0 Å². The van der Waals surface area contributed by atoms with E-state index >= 15 is 0 Å². The summed E-state index contributed by atoms with van der Waals surface area (Å²) in [5.74, 6) is 1.36. The molecule has 1 aromatic heterocycles. The number of hydrogen-bond acceptors (Lipinski definition) is 4. The standard InChI is InChI=1S/C17H23N3O/c1-3-14-9-6-7-11-20(14)12-16-18-19-17(21-16)15-10-5-4-8-13(15)2/h4-5,8,10,14H,3,6-7,9,11-12H2,1-2H3. The van der Waals surface area contributed by atoms with E-state index in [-0.39, 0.29) is 0 Å². The van der Waals surface area contributed by atoms with Gasteiger partial charge in [0.05, 0.1) is 6.54 Å². The van der Waals surface area contributed by atoms with Crippen LogP contribution >= 0.6 is 0 Å². The third kappa shape index (κ3) is 3.16. The van der Waals surface area contributed by atoms with Crippen LogP contribution in [0.1, 0.15) is 44.1 Å². The lowest BCUT2D eigenvalue weighted by Gasteiger charge is -2.33. The molecule has 0 bridgehead atoms. The molecule has 21 heavy (non-hydrogen) atoms. The van der Waals surface area contributed by atoms with Crippen LogP contribution in [0.15, 0.2) is 28.7 Å². The number of rotatable bonds is 4. The van der Waals surface area contributed by atoms with Crippen LogP contribution in [0.5, 0.6) is 0 Å². The maximum Gasteiger partial charge on any atom is 0.248 e. The van der Waals surface area contributed by atoms with E-state index in [9.17, 15) is 0 Å². The highest BCUT2D eigenvalue weighted by molar-refractivity contribution is 5.57. The quantitative estimate of drug-likeness (QED) is 0.856. The molecule has 1 saturated heterocycles. The van der Waals surface area contributed by atoms with Gasteiger partial charge in [-0.3, -0.25) is 4.90 Å². The second-order valence-corrected chi connectivity index (χ2v) is 5.84. The predicted octanol–water partition coefficient (Wildman–Crippen LogP) is 3.81. The van der Waals surface area contributed by atoms with E-state index in [0.717, 1.165) is 30.1 Å². The van der Waals surface area contributed by atoms with E-state index in [1.165, 1.54) is 25.7 Å². The number of hydrogen-bond donors (Lipinski definition) is 0. The number of likely N-dealkylation sites (tertiary alicyclic amines) is 1. The van der Waals surface area contributed by atoms with Crippen molar-refractivity contribution in [1.29, 1.82) is 0 Å². The highest BCUT2D eigenvalue weighted by Gasteiger charge is 2.23. The van der Waals surface area contributed by atoms with Gasteiger partial charge in [-0.1, -0.05) is 31.5 Å². The lowest BCUT2D eigenvalue weighted by Crippen LogP contribution is -2.38. The Morgan fingerprint density at radius 1 is 1.24 bits per heavy atom. The molecular weight excluding hydrogens is 262 g/mol. The van der Waals surface area contributed by atoms with Crippen molar-refractivity contribution < 1.29 is 4.42 Å². The van der Waals surface area contributed by atoms with Gasteiger partial charge in [0, 0.05) is 11.6 Å². The molecular formula is C17H23N3O.